The highest BCUT2D eigenvalue weighted by Crippen LogP contribution is 2.36. The average molecular weight is 750 g/mol. The third-order valence-electron chi connectivity index (χ3n) is 3.12. The number of rotatable bonds is 8. The molecule has 0 saturated carbocycles. The van der Waals surface area contributed by atoms with Crippen LogP contribution in [0.3, 0.4) is 0 Å². The molecule has 0 fully saturated rings. The van der Waals surface area contributed by atoms with Gasteiger partial charge in [0.1, 0.15) is 0 Å². The van der Waals surface area contributed by atoms with Crippen molar-refractivity contribution in [2.24, 2.45) is 0 Å². The smallest absolute Gasteiger partial charge is 0.303 e. The van der Waals surface area contributed by atoms with E-state index in [2.05, 4.69) is 15.4 Å². The molecule has 0 saturated heterocycles. The van der Waals surface area contributed by atoms with Gasteiger partial charge in [0.15, 0.2) is 6.61 Å². The first-order valence-corrected chi connectivity index (χ1v) is 11.0. The Kier molecular flexibility index (Phi) is 10.8. The Morgan fingerprint density at radius 2 is 1.68 bits per heavy atom. The maximum absolute atomic E-state index is 12.6. The van der Waals surface area contributed by atoms with Crippen LogP contribution in [0.15, 0.2) is 0 Å². The van der Waals surface area contributed by atoms with Gasteiger partial charge < -0.3 is 25.6 Å². The Labute approximate surface area is 205 Å². The molecule has 0 aromatic heterocycles. The van der Waals surface area contributed by atoms with E-state index in [0.29, 0.717) is 7.14 Å². The monoisotopic (exact) mass is 750 g/mol. The fraction of sp³-hybridized carbons (Fsp3) is 0.333. The molecular formula is C15H14ClI3N2O7. The second-order valence-corrected chi connectivity index (χ2v) is 8.80. The zero-order valence-electron chi connectivity index (χ0n) is 14.1. The van der Waals surface area contributed by atoms with Crippen molar-refractivity contribution >= 4 is 108 Å². The zero-order chi connectivity index (χ0) is 21.6. The summed E-state index contributed by atoms with van der Waals surface area (Å²) in [6.07, 6.45) is -1.15. The second-order valence-electron chi connectivity index (χ2n) is 5.22. The maximum atomic E-state index is 12.6. The molecule has 1 atom stereocenters. The Morgan fingerprint density at radius 3 is 2.18 bits per heavy atom. The van der Waals surface area contributed by atoms with E-state index in [1.165, 1.54) is 0 Å². The number of hydrogen-bond acceptors (Lipinski definition) is 7. The summed E-state index contributed by atoms with van der Waals surface area (Å²) in [4.78, 5) is 47.4. The maximum Gasteiger partial charge on any atom is 0.303 e. The number of anilines is 1. The molecule has 13 heteroatoms. The largest absolute Gasteiger partial charge is 0.456 e. The van der Waals surface area contributed by atoms with Gasteiger partial charge in [-0.1, -0.05) is 0 Å². The molecule has 4 N–H and O–H groups in total. The fourth-order valence-corrected chi connectivity index (χ4v) is 6.78. The molecule has 0 spiro atoms. The van der Waals surface area contributed by atoms with Crippen LogP contribution in [-0.2, 0) is 14.3 Å². The molecule has 154 valence electrons. The van der Waals surface area contributed by atoms with Crippen LogP contribution in [0.5, 0.6) is 0 Å². The first-order valence-electron chi connectivity index (χ1n) is 7.41. The van der Waals surface area contributed by atoms with Crippen LogP contribution >= 0.6 is 79.4 Å². The van der Waals surface area contributed by atoms with Crippen LogP contribution in [0.4, 0.5) is 5.69 Å². The average Bonchev–Trinajstić information content (AvgIpc) is 2.61. The predicted octanol–water partition coefficient (Wildman–Crippen LogP) is 1.46. The minimum atomic E-state index is -1.15. The van der Waals surface area contributed by atoms with Gasteiger partial charge in [0.05, 0.1) is 36.7 Å². The summed E-state index contributed by atoms with van der Waals surface area (Å²) in [7, 11) is 0. The molecule has 1 unspecified atom stereocenters. The number of aliphatic hydroxyl groups excluding tert-OH is 2. The molecule has 0 heterocycles. The number of hydrogen-bond donors (Lipinski definition) is 4. The summed E-state index contributed by atoms with van der Waals surface area (Å²) < 4.78 is 5.53. The van der Waals surface area contributed by atoms with Gasteiger partial charge >= 0.3 is 5.97 Å². The lowest BCUT2D eigenvalue weighted by Crippen LogP contribution is -2.35. The first kappa shape index (κ1) is 25.7. The summed E-state index contributed by atoms with van der Waals surface area (Å²) in [5.74, 6) is -1.93. The fourth-order valence-electron chi connectivity index (χ4n) is 1.85. The Bertz CT molecular complexity index is 820. The summed E-state index contributed by atoms with van der Waals surface area (Å²) in [6.45, 7) is -0.142. The summed E-state index contributed by atoms with van der Waals surface area (Å²) in [5, 5.41) is 22.4. The third kappa shape index (κ3) is 6.89. The van der Waals surface area contributed by atoms with Crippen LogP contribution in [-0.4, -0.2) is 59.1 Å². The van der Waals surface area contributed by atoms with Gasteiger partial charge in [-0.2, -0.15) is 0 Å². The third-order valence-corrected chi connectivity index (χ3v) is 6.55. The van der Waals surface area contributed by atoms with Crippen molar-refractivity contribution in [3.05, 3.63) is 21.8 Å². The molecule has 1 aromatic carbocycles. The minimum Gasteiger partial charge on any atom is -0.456 e. The molecule has 0 radical (unpaired) electrons. The van der Waals surface area contributed by atoms with Crippen molar-refractivity contribution in [1.29, 1.82) is 0 Å². The molecule has 2 amide bonds. The number of carbonyl (C=O) groups excluding carboxylic acids is 4. The molecule has 9 nitrogen and oxygen atoms in total. The highest BCUT2D eigenvalue weighted by Gasteiger charge is 2.28. The predicted molar refractivity (Wildman–Crippen MR) is 125 cm³/mol. The lowest BCUT2D eigenvalue weighted by Gasteiger charge is -2.18. The van der Waals surface area contributed by atoms with Gasteiger partial charge in [-0.25, -0.2) is 0 Å². The van der Waals surface area contributed by atoms with E-state index in [1.54, 1.807) is 22.6 Å². The Hall–Kier alpha value is -0.300. The molecule has 0 aliphatic carbocycles. The van der Waals surface area contributed by atoms with Gasteiger partial charge in [0.2, 0.25) is 0 Å². The topological polar surface area (TPSA) is 142 Å². The SMILES string of the molecule is CC(=O)OCC(=O)Nc1c(I)c(C(=O)Cl)c(I)c(C(=O)NCC(O)CO)c1I. The minimum absolute atomic E-state index is 0.0268. The van der Waals surface area contributed by atoms with Crippen molar-refractivity contribution < 1.29 is 34.1 Å². The molecule has 0 aliphatic heterocycles. The van der Waals surface area contributed by atoms with E-state index in [-0.39, 0.29) is 26.9 Å². The molecule has 0 bridgehead atoms. The van der Waals surface area contributed by atoms with Gasteiger partial charge in [-0.05, 0) is 79.4 Å². The normalized spacial score (nSPS) is 11.5. The van der Waals surface area contributed by atoms with E-state index in [0.717, 1.165) is 6.92 Å². The van der Waals surface area contributed by atoms with E-state index in [4.69, 9.17) is 16.7 Å². The standard InChI is InChI=1S/C15H14ClI3N2O7/c1-5(23)28-4-7(25)21-13-11(18)8(14(16)26)10(17)9(12(13)19)15(27)20-2-6(24)3-22/h6,22,24H,2-4H2,1H3,(H,20,27)(H,21,25). The number of esters is 1. The van der Waals surface area contributed by atoms with Gasteiger partial charge in [0, 0.05) is 17.0 Å². The van der Waals surface area contributed by atoms with Crippen molar-refractivity contribution in [2.75, 3.05) is 25.1 Å². The lowest BCUT2D eigenvalue weighted by atomic mass is 10.1. The van der Waals surface area contributed by atoms with Crippen molar-refractivity contribution in [3.63, 3.8) is 0 Å². The number of amides is 2. The molecule has 1 rings (SSSR count). The molecule has 1 aromatic rings. The number of aliphatic hydroxyl groups is 2. The van der Waals surface area contributed by atoms with Crippen LogP contribution in [0, 0.1) is 10.7 Å². The lowest BCUT2D eigenvalue weighted by molar-refractivity contribution is -0.144. The number of carbonyl (C=O) groups is 4. The quantitative estimate of drug-likeness (QED) is 0.179. The Morgan fingerprint density at radius 1 is 1.11 bits per heavy atom. The number of benzene rings is 1. The Balaban J connectivity index is 3.38. The molecule has 0 aliphatic rings. The second kappa shape index (κ2) is 11.8. The van der Waals surface area contributed by atoms with Crippen LogP contribution in [0.25, 0.3) is 0 Å². The van der Waals surface area contributed by atoms with Gasteiger partial charge in [-0.15, -0.1) is 0 Å². The van der Waals surface area contributed by atoms with Crippen molar-refractivity contribution in [1.82, 2.24) is 5.32 Å². The number of nitrogens with one attached hydrogen (secondary N) is 2. The van der Waals surface area contributed by atoms with E-state index in [1.807, 2.05) is 45.2 Å². The highest BCUT2D eigenvalue weighted by atomic mass is 127. The summed E-state index contributed by atoms with van der Waals surface area (Å²) in [6, 6.07) is 0. The number of ether oxygens (including phenoxy) is 1. The van der Waals surface area contributed by atoms with Gasteiger partial charge in [-0.3, -0.25) is 19.2 Å². The van der Waals surface area contributed by atoms with Crippen molar-refractivity contribution in [2.45, 2.75) is 13.0 Å². The van der Waals surface area contributed by atoms with Crippen LogP contribution in [0.2, 0.25) is 0 Å². The van der Waals surface area contributed by atoms with Crippen LogP contribution in [0.1, 0.15) is 27.6 Å². The van der Waals surface area contributed by atoms with Crippen LogP contribution < -0.4 is 10.6 Å². The zero-order valence-corrected chi connectivity index (χ0v) is 21.4. The van der Waals surface area contributed by atoms with Gasteiger partial charge in [0.25, 0.3) is 17.1 Å². The number of halogens is 4. The summed E-state index contributed by atoms with van der Waals surface area (Å²) in [5.41, 5.74) is 0.257. The van der Waals surface area contributed by atoms with E-state index in [9.17, 15) is 24.3 Å². The van der Waals surface area contributed by atoms with Crippen molar-refractivity contribution in [3.8, 4) is 0 Å². The van der Waals surface area contributed by atoms with E-state index < -0.39 is 42.3 Å². The summed E-state index contributed by atoms with van der Waals surface area (Å²) >= 11 is 11.1. The highest BCUT2D eigenvalue weighted by molar-refractivity contribution is 14.1. The molecule has 28 heavy (non-hydrogen) atoms. The first-order chi connectivity index (χ1) is 13.0. The molecular weight excluding hydrogens is 736 g/mol. The van der Waals surface area contributed by atoms with E-state index >= 15 is 0 Å².